The zero-order valence-corrected chi connectivity index (χ0v) is 17.2. The number of hydrogen-bond acceptors (Lipinski definition) is 4. The number of aromatic nitrogens is 3. The van der Waals surface area contributed by atoms with Crippen LogP contribution in [0.25, 0.3) is 33.9 Å². The van der Waals surface area contributed by atoms with E-state index >= 15 is 0 Å². The zero-order valence-electron chi connectivity index (χ0n) is 17.2. The summed E-state index contributed by atoms with van der Waals surface area (Å²) in [5.41, 5.74) is 9.73. The summed E-state index contributed by atoms with van der Waals surface area (Å²) in [6, 6.07) is 19.8. The Balaban J connectivity index is 1.51. The van der Waals surface area contributed by atoms with Crippen molar-refractivity contribution in [2.75, 3.05) is 18.0 Å². The predicted octanol–water partition coefficient (Wildman–Crippen LogP) is 5.26. The van der Waals surface area contributed by atoms with Crippen molar-refractivity contribution in [3.63, 3.8) is 0 Å². The van der Waals surface area contributed by atoms with E-state index in [4.69, 9.17) is 4.98 Å². The van der Waals surface area contributed by atoms with Crippen molar-refractivity contribution in [3.05, 3.63) is 71.8 Å². The minimum atomic E-state index is 0.253. The molecule has 0 spiro atoms. The number of H-pyrrole nitrogens is 1. The molecule has 0 saturated carbocycles. The van der Waals surface area contributed by atoms with Crippen LogP contribution in [0.15, 0.2) is 60.7 Å². The Hall–Kier alpha value is -3.60. The molecule has 2 heterocycles. The second kappa shape index (κ2) is 7.34. The highest BCUT2D eigenvalue weighted by molar-refractivity contribution is 5.82. The Labute approximate surface area is 176 Å². The number of pyridine rings is 1. The van der Waals surface area contributed by atoms with Crippen LogP contribution in [0.4, 0.5) is 5.69 Å². The van der Waals surface area contributed by atoms with E-state index in [2.05, 4.69) is 47.1 Å². The van der Waals surface area contributed by atoms with Gasteiger partial charge in [0.05, 0.1) is 22.8 Å². The van der Waals surface area contributed by atoms with Crippen LogP contribution in [0, 0.1) is 0 Å². The van der Waals surface area contributed by atoms with Crippen LogP contribution in [0.3, 0.4) is 0 Å². The number of aromatic hydroxyl groups is 1. The van der Waals surface area contributed by atoms with E-state index in [1.165, 1.54) is 22.4 Å². The average Bonchev–Trinajstić information content (AvgIpc) is 3.34. The lowest BCUT2D eigenvalue weighted by atomic mass is 10.1. The van der Waals surface area contributed by atoms with E-state index in [0.29, 0.717) is 0 Å². The van der Waals surface area contributed by atoms with Crippen molar-refractivity contribution in [2.45, 2.75) is 20.3 Å². The summed E-state index contributed by atoms with van der Waals surface area (Å²) < 4.78 is 0. The van der Waals surface area contributed by atoms with Gasteiger partial charge in [0.15, 0.2) is 0 Å². The summed E-state index contributed by atoms with van der Waals surface area (Å²) in [6.07, 6.45) is 0.858. The molecule has 0 atom stereocenters. The fourth-order valence-electron chi connectivity index (χ4n) is 4.27. The van der Waals surface area contributed by atoms with Gasteiger partial charge in [-0.1, -0.05) is 12.1 Å². The highest BCUT2D eigenvalue weighted by atomic mass is 16.3. The topological polar surface area (TPSA) is 65.0 Å². The first-order chi connectivity index (χ1) is 14.7. The second-order valence-electron chi connectivity index (χ2n) is 7.57. The number of fused-ring (bicyclic) bond motifs is 3. The van der Waals surface area contributed by atoms with E-state index in [1.807, 2.05) is 30.3 Å². The van der Waals surface area contributed by atoms with Gasteiger partial charge in [-0.15, -0.1) is 0 Å². The van der Waals surface area contributed by atoms with Crippen molar-refractivity contribution in [1.29, 1.82) is 0 Å². The smallest absolute Gasteiger partial charge is 0.115 e. The molecular weight excluding hydrogens is 372 g/mol. The molecule has 0 unspecified atom stereocenters. The number of phenols is 1. The van der Waals surface area contributed by atoms with Gasteiger partial charge in [0.2, 0.25) is 0 Å². The van der Waals surface area contributed by atoms with Gasteiger partial charge in [-0.2, -0.15) is 5.10 Å². The quantitative estimate of drug-likeness (QED) is 0.425. The minimum absolute atomic E-state index is 0.253. The van der Waals surface area contributed by atoms with Crippen LogP contribution < -0.4 is 4.90 Å². The van der Waals surface area contributed by atoms with Gasteiger partial charge >= 0.3 is 0 Å². The van der Waals surface area contributed by atoms with Gasteiger partial charge in [-0.05, 0) is 67.9 Å². The summed E-state index contributed by atoms with van der Waals surface area (Å²) in [7, 11) is 0. The Morgan fingerprint density at radius 2 is 1.73 bits per heavy atom. The lowest BCUT2D eigenvalue weighted by Crippen LogP contribution is -2.21. The molecule has 1 aliphatic rings. The molecule has 2 aromatic heterocycles. The van der Waals surface area contributed by atoms with Crippen LogP contribution in [-0.4, -0.2) is 33.4 Å². The van der Waals surface area contributed by atoms with Crippen LogP contribution in [0.5, 0.6) is 5.75 Å². The van der Waals surface area contributed by atoms with Gasteiger partial charge < -0.3 is 10.0 Å². The number of phenolic OH excluding ortho intramolecular Hbond substituents is 1. The summed E-state index contributed by atoms with van der Waals surface area (Å²) >= 11 is 0. The number of anilines is 1. The molecule has 5 rings (SSSR count). The first-order valence-corrected chi connectivity index (χ1v) is 10.4. The monoisotopic (exact) mass is 396 g/mol. The molecule has 0 aliphatic heterocycles. The normalized spacial score (nSPS) is 11.9. The van der Waals surface area contributed by atoms with Crippen LogP contribution in [0.1, 0.15) is 25.0 Å². The van der Waals surface area contributed by atoms with E-state index in [9.17, 15) is 5.11 Å². The highest BCUT2D eigenvalue weighted by Gasteiger charge is 2.26. The third-order valence-electron chi connectivity index (χ3n) is 5.88. The average molecular weight is 396 g/mol. The number of benzene rings is 2. The number of nitrogens with zero attached hydrogens (tertiary/aromatic N) is 3. The minimum Gasteiger partial charge on any atom is -0.508 e. The Morgan fingerprint density at radius 3 is 2.50 bits per heavy atom. The van der Waals surface area contributed by atoms with E-state index in [1.54, 1.807) is 12.1 Å². The van der Waals surface area contributed by atoms with Gasteiger partial charge in [0.1, 0.15) is 5.75 Å². The molecule has 5 heteroatoms. The number of hydrogen-bond donors (Lipinski definition) is 2. The van der Waals surface area contributed by atoms with E-state index < -0.39 is 0 Å². The summed E-state index contributed by atoms with van der Waals surface area (Å²) in [6.45, 7) is 6.37. The molecule has 0 fully saturated rings. The van der Waals surface area contributed by atoms with Gasteiger partial charge in [0.25, 0.3) is 0 Å². The predicted molar refractivity (Wildman–Crippen MR) is 121 cm³/mol. The summed E-state index contributed by atoms with van der Waals surface area (Å²) in [4.78, 5) is 7.23. The molecule has 0 saturated heterocycles. The maximum absolute atomic E-state index is 9.55. The van der Waals surface area contributed by atoms with Crippen LogP contribution >= 0.6 is 0 Å². The van der Waals surface area contributed by atoms with Gasteiger partial charge in [-0.25, -0.2) is 4.98 Å². The first-order valence-electron chi connectivity index (χ1n) is 10.4. The molecule has 1 aliphatic carbocycles. The Kier molecular flexibility index (Phi) is 4.51. The highest BCUT2D eigenvalue weighted by Crippen LogP contribution is 2.41. The van der Waals surface area contributed by atoms with Crippen molar-refractivity contribution >= 4 is 5.69 Å². The van der Waals surface area contributed by atoms with Crippen molar-refractivity contribution in [2.24, 2.45) is 0 Å². The number of aromatic amines is 1. The molecule has 0 radical (unpaired) electrons. The molecule has 5 nitrogen and oxygen atoms in total. The maximum Gasteiger partial charge on any atom is 0.115 e. The lowest BCUT2D eigenvalue weighted by molar-refractivity contribution is 0.475. The largest absolute Gasteiger partial charge is 0.508 e. The number of nitrogens with one attached hydrogen (secondary N) is 1. The summed E-state index contributed by atoms with van der Waals surface area (Å²) in [5, 5.41) is 17.4. The number of rotatable bonds is 5. The van der Waals surface area contributed by atoms with Crippen LogP contribution in [-0.2, 0) is 6.42 Å². The van der Waals surface area contributed by atoms with E-state index in [0.717, 1.165) is 47.8 Å². The Morgan fingerprint density at radius 1 is 0.967 bits per heavy atom. The molecular formula is C25H24N4O. The molecule has 2 N–H and O–H groups in total. The van der Waals surface area contributed by atoms with E-state index in [-0.39, 0.29) is 5.75 Å². The lowest BCUT2D eigenvalue weighted by Gasteiger charge is -2.21. The van der Waals surface area contributed by atoms with Crippen LogP contribution in [0.2, 0.25) is 0 Å². The SMILES string of the molecule is CCN(CC)c1ccc2c(c1)Cc1c-2n[nH]c1-c1cccc(-c2ccc(O)cc2)n1. The maximum atomic E-state index is 9.55. The molecule has 150 valence electrons. The van der Waals surface area contributed by atoms with Crippen molar-refractivity contribution in [3.8, 4) is 39.7 Å². The third-order valence-corrected chi connectivity index (χ3v) is 5.88. The first kappa shape index (κ1) is 18.4. The fraction of sp³-hybridized carbons (Fsp3) is 0.200. The second-order valence-corrected chi connectivity index (χ2v) is 7.57. The molecule has 0 bridgehead atoms. The molecule has 0 amide bonds. The standard InChI is InChI=1S/C25H24N4O/c1-3-29(4-2)18-10-13-20-17(14-18)15-21-24(20)27-28-25(21)23-7-5-6-22(26-23)16-8-11-19(30)12-9-16/h5-14,30H,3-4,15H2,1-2H3,(H,27,28). The van der Waals surface area contributed by atoms with Gasteiger partial charge in [0, 0.05) is 41.9 Å². The Bertz CT molecular complexity index is 1210. The van der Waals surface area contributed by atoms with Crippen molar-refractivity contribution in [1.82, 2.24) is 15.2 Å². The third kappa shape index (κ3) is 3.03. The summed E-state index contributed by atoms with van der Waals surface area (Å²) in [5.74, 6) is 0.253. The molecule has 2 aromatic carbocycles. The van der Waals surface area contributed by atoms with Crippen molar-refractivity contribution < 1.29 is 5.11 Å². The van der Waals surface area contributed by atoms with Gasteiger partial charge in [-0.3, -0.25) is 5.10 Å². The zero-order chi connectivity index (χ0) is 20.7. The molecule has 4 aromatic rings. The molecule has 30 heavy (non-hydrogen) atoms. The fourth-order valence-corrected chi connectivity index (χ4v) is 4.27.